The molecule has 2 aromatic heterocycles. The lowest BCUT2D eigenvalue weighted by Crippen LogP contribution is -1.91. The zero-order valence-electron chi connectivity index (χ0n) is 8.51. The zero-order valence-corrected chi connectivity index (χ0v) is 8.51. The summed E-state index contributed by atoms with van der Waals surface area (Å²) >= 11 is 0. The minimum Gasteiger partial charge on any atom is -0.396 e. The van der Waals surface area contributed by atoms with Crippen LogP contribution in [0.3, 0.4) is 0 Å². The molecule has 2 heterocycles. The number of nitrogens with two attached hydrogens (primary N) is 1. The van der Waals surface area contributed by atoms with Crippen LogP contribution >= 0.6 is 0 Å². The van der Waals surface area contributed by atoms with Crippen molar-refractivity contribution in [1.82, 2.24) is 15.0 Å². The van der Waals surface area contributed by atoms with Crippen molar-refractivity contribution in [3.05, 3.63) is 42.9 Å². The summed E-state index contributed by atoms with van der Waals surface area (Å²) in [6.07, 6.45) is 5.14. The number of hydrogen-bond acceptors (Lipinski definition) is 3. The lowest BCUT2D eigenvalue weighted by atomic mass is 10.1. The molecule has 0 atom stereocenters. The summed E-state index contributed by atoms with van der Waals surface area (Å²) in [6, 6.07) is 8.06. The van der Waals surface area contributed by atoms with Gasteiger partial charge in [0.2, 0.25) is 0 Å². The van der Waals surface area contributed by atoms with E-state index in [0.717, 1.165) is 16.5 Å². The summed E-state index contributed by atoms with van der Waals surface area (Å²) in [6.45, 7) is 0. The van der Waals surface area contributed by atoms with Gasteiger partial charge in [-0.25, -0.2) is 9.97 Å². The molecule has 0 unspecified atom stereocenters. The molecule has 1 aromatic carbocycles. The molecule has 0 bridgehead atoms. The van der Waals surface area contributed by atoms with Gasteiger partial charge in [0.05, 0.1) is 18.1 Å². The Labute approximate surface area is 92.2 Å². The minimum atomic E-state index is 0.573. The van der Waals surface area contributed by atoms with Crippen molar-refractivity contribution in [2.45, 2.75) is 0 Å². The number of nitrogens with zero attached hydrogens (tertiary/aromatic N) is 2. The monoisotopic (exact) mass is 210 g/mol. The first-order valence-corrected chi connectivity index (χ1v) is 4.98. The van der Waals surface area contributed by atoms with Crippen LogP contribution in [0.15, 0.2) is 42.9 Å². The van der Waals surface area contributed by atoms with Gasteiger partial charge in [0.15, 0.2) is 5.82 Å². The Balaban J connectivity index is 2.22. The van der Waals surface area contributed by atoms with Gasteiger partial charge in [-0.2, -0.15) is 0 Å². The normalized spacial score (nSPS) is 10.8. The van der Waals surface area contributed by atoms with Crippen LogP contribution < -0.4 is 5.73 Å². The highest BCUT2D eigenvalue weighted by Gasteiger charge is 2.07. The molecule has 0 radical (unpaired) electrons. The number of para-hydroxylation sites is 1. The Morgan fingerprint density at radius 2 is 1.81 bits per heavy atom. The number of aromatic nitrogens is 3. The molecule has 4 heteroatoms. The average molecular weight is 210 g/mol. The van der Waals surface area contributed by atoms with E-state index in [9.17, 15) is 0 Å². The second kappa shape index (κ2) is 3.34. The van der Waals surface area contributed by atoms with Crippen LogP contribution in [0.1, 0.15) is 0 Å². The van der Waals surface area contributed by atoms with Crippen LogP contribution in [0.4, 0.5) is 5.69 Å². The lowest BCUT2D eigenvalue weighted by molar-refractivity contribution is 1.18. The largest absolute Gasteiger partial charge is 0.396 e. The maximum Gasteiger partial charge on any atom is 0.161 e. The van der Waals surface area contributed by atoms with Crippen molar-refractivity contribution in [1.29, 1.82) is 0 Å². The van der Waals surface area contributed by atoms with E-state index >= 15 is 0 Å². The maximum absolute atomic E-state index is 5.56. The summed E-state index contributed by atoms with van der Waals surface area (Å²) < 4.78 is 0. The maximum atomic E-state index is 5.56. The number of benzene rings is 1. The third kappa shape index (κ3) is 1.32. The fraction of sp³-hybridized carbons (Fsp3) is 0. The molecule has 3 aromatic rings. The van der Waals surface area contributed by atoms with Crippen molar-refractivity contribution >= 4 is 16.6 Å². The van der Waals surface area contributed by atoms with Crippen molar-refractivity contribution in [2.24, 2.45) is 0 Å². The number of nitrogen functional groups attached to an aromatic ring is 1. The lowest BCUT2D eigenvalue weighted by Gasteiger charge is -1.97. The molecular formula is C12H10N4. The molecule has 0 saturated carbocycles. The number of hydrogen-bond donors (Lipinski definition) is 2. The minimum absolute atomic E-state index is 0.573. The Morgan fingerprint density at radius 1 is 1.06 bits per heavy atom. The van der Waals surface area contributed by atoms with Gasteiger partial charge in [0.25, 0.3) is 0 Å². The molecular weight excluding hydrogens is 200 g/mol. The van der Waals surface area contributed by atoms with Crippen molar-refractivity contribution in [3.8, 4) is 11.4 Å². The fourth-order valence-electron chi connectivity index (χ4n) is 1.73. The number of fused-ring (bicyclic) bond motifs is 1. The second-order valence-corrected chi connectivity index (χ2v) is 3.59. The number of H-pyrrole nitrogens is 1. The molecule has 0 saturated heterocycles. The highest BCUT2D eigenvalue weighted by molar-refractivity contribution is 5.93. The Kier molecular flexibility index (Phi) is 1.86. The average Bonchev–Trinajstić information content (AvgIpc) is 2.74. The van der Waals surface area contributed by atoms with Gasteiger partial charge < -0.3 is 10.7 Å². The SMILES string of the molecule is Nc1cnc(-c2c[nH]c3ccccc23)nc1. The predicted octanol–water partition coefficient (Wildman–Crippen LogP) is 2.21. The first-order chi connectivity index (χ1) is 7.84. The van der Waals surface area contributed by atoms with E-state index in [1.807, 2.05) is 30.5 Å². The van der Waals surface area contributed by atoms with Crippen LogP contribution in [0, 0.1) is 0 Å². The topological polar surface area (TPSA) is 67.6 Å². The third-order valence-corrected chi connectivity index (χ3v) is 2.50. The van der Waals surface area contributed by atoms with Crippen molar-refractivity contribution < 1.29 is 0 Å². The molecule has 0 spiro atoms. The summed E-state index contributed by atoms with van der Waals surface area (Å²) in [5.41, 5.74) is 8.21. The molecule has 0 aliphatic carbocycles. The molecule has 3 rings (SSSR count). The van der Waals surface area contributed by atoms with Gasteiger partial charge >= 0.3 is 0 Å². The molecule has 16 heavy (non-hydrogen) atoms. The summed E-state index contributed by atoms with van der Waals surface area (Å²) in [4.78, 5) is 11.6. The van der Waals surface area contributed by atoms with Crippen LogP contribution in [-0.4, -0.2) is 15.0 Å². The van der Waals surface area contributed by atoms with Gasteiger partial charge in [-0.05, 0) is 6.07 Å². The van der Waals surface area contributed by atoms with Crippen LogP contribution in [0.25, 0.3) is 22.3 Å². The van der Waals surface area contributed by atoms with Gasteiger partial charge in [0.1, 0.15) is 0 Å². The third-order valence-electron chi connectivity index (χ3n) is 2.50. The van der Waals surface area contributed by atoms with E-state index in [4.69, 9.17) is 5.73 Å². The number of nitrogens with one attached hydrogen (secondary N) is 1. The molecule has 0 aliphatic rings. The van der Waals surface area contributed by atoms with Crippen LogP contribution in [0.2, 0.25) is 0 Å². The van der Waals surface area contributed by atoms with E-state index in [0.29, 0.717) is 11.5 Å². The first-order valence-electron chi connectivity index (χ1n) is 4.98. The summed E-state index contributed by atoms with van der Waals surface area (Å²) in [5, 5.41) is 1.12. The van der Waals surface area contributed by atoms with Gasteiger partial charge in [-0.3, -0.25) is 0 Å². The van der Waals surface area contributed by atoms with E-state index < -0.39 is 0 Å². The van der Waals surface area contributed by atoms with Crippen molar-refractivity contribution in [2.75, 3.05) is 5.73 Å². The molecule has 4 nitrogen and oxygen atoms in total. The van der Waals surface area contributed by atoms with E-state index in [1.54, 1.807) is 12.4 Å². The highest BCUT2D eigenvalue weighted by Crippen LogP contribution is 2.25. The highest BCUT2D eigenvalue weighted by atomic mass is 14.9. The zero-order chi connectivity index (χ0) is 11.0. The van der Waals surface area contributed by atoms with E-state index in [2.05, 4.69) is 15.0 Å². The predicted molar refractivity (Wildman–Crippen MR) is 63.7 cm³/mol. The second-order valence-electron chi connectivity index (χ2n) is 3.59. The number of anilines is 1. The van der Waals surface area contributed by atoms with Gasteiger partial charge in [-0.1, -0.05) is 18.2 Å². The molecule has 0 fully saturated rings. The van der Waals surface area contributed by atoms with E-state index in [1.165, 1.54) is 0 Å². The summed E-state index contributed by atoms with van der Waals surface area (Å²) in [7, 11) is 0. The van der Waals surface area contributed by atoms with Crippen molar-refractivity contribution in [3.63, 3.8) is 0 Å². The molecule has 3 N–H and O–H groups in total. The van der Waals surface area contributed by atoms with Gasteiger partial charge in [0, 0.05) is 22.7 Å². The Hall–Kier alpha value is -2.36. The first kappa shape index (κ1) is 8.91. The molecule has 0 aliphatic heterocycles. The molecule has 0 amide bonds. The number of rotatable bonds is 1. The standard InChI is InChI=1S/C12H10N4/c13-8-5-15-12(16-6-8)10-7-14-11-4-2-1-3-9(10)11/h1-7,14H,13H2. The van der Waals surface area contributed by atoms with Crippen LogP contribution in [-0.2, 0) is 0 Å². The Morgan fingerprint density at radius 3 is 2.62 bits per heavy atom. The summed E-state index contributed by atoms with van der Waals surface area (Å²) in [5.74, 6) is 0.687. The Bertz CT molecular complexity index is 625. The molecule has 78 valence electrons. The smallest absolute Gasteiger partial charge is 0.161 e. The van der Waals surface area contributed by atoms with Gasteiger partial charge in [-0.15, -0.1) is 0 Å². The quantitative estimate of drug-likeness (QED) is 0.647. The fourth-order valence-corrected chi connectivity index (χ4v) is 1.73. The van der Waals surface area contributed by atoms with Crippen LogP contribution in [0.5, 0.6) is 0 Å². The number of aromatic amines is 1. The van der Waals surface area contributed by atoms with E-state index in [-0.39, 0.29) is 0 Å².